The van der Waals surface area contributed by atoms with Gasteiger partial charge in [0, 0.05) is 31.0 Å². The number of Topliss-reactive ketones (excluding diaryl/α,β-unsaturated/α-hetero) is 1. The third kappa shape index (κ3) is 5.79. The summed E-state index contributed by atoms with van der Waals surface area (Å²) in [5.74, 6) is 2.87. The van der Waals surface area contributed by atoms with E-state index in [1.165, 1.54) is 37.6 Å². The van der Waals surface area contributed by atoms with Gasteiger partial charge in [-0.3, -0.25) is 9.69 Å². The van der Waals surface area contributed by atoms with E-state index in [9.17, 15) is 4.79 Å². The first kappa shape index (κ1) is 14.6. The van der Waals surface area contributed by atoms with Crippen molar-refractivity contribution in [3.63, 3.8) is 0 Å². The fraction of sp³-hybridized carbons (Fsp3) is 0.562. The van der Waals surface area contributed by atoms with Crippen LogP contribution in [0.2, 0.25) is 0 Å². The summed E-state index contributed by atoms with van der Waals surface area (Å²) in [6.45, 7) is 2.46. The number of hydrogen-bond acceptors (Lipinski definition) is 3. The van der Waals surface area contributed by atoms with Gasteiger partial charge in [0.15, 0.2) is 0 Å². The maximum atomic E-state index is 11.8. The molecule has 1 aromatic carbocycles. The highest BCUT2D eigenvalue weighted by Gasteiger charge is 2.10. The van der Waals surface area contributed by atoms with Gasteiger partial charge >= 0.3 is 0 Å². The maximum absolute atomic E-state index is 11.8. The first-order valence-corrected chi connectivity index (χ1v) is 8.36. The first-order chi connectivity index (χ1) is 9.34. The van der Waals surface area contributed by atoms with Crippen LogP contribution < -0.4 is 0 Å². The molecule has 1 aromatic rings. The lowest BCUT2D eigenvalue weighted by molar-refractivity contribution is -0.118. The van der Waals surface area contributed by atoms with Crippen LogP contribution in [-0.4, -0.2) is 35.4 Å². The average molecular weight is 277 g/mol. The molecule has 1 heterocycles. The summed E-state index contributed by atoms with van der Waals surface area (Å²) < 4.78 is 0. The minimum Gasteiger partial charge on any atom is -0.299 e. The van der Waals surface area contributed by atoms with Crippen LogP contribution in [0, 0.1) is 0 Å². The number of nitrogens with zero attached hydrogens (tertiary/aromatic N) is 1. The molecule has 1 aliphatic heterocycles. The zero-order valence-corrected chi connectivity index (χ0v) is 12.3. The number of carbonyl (C=O) groups is 1. The number of hydrogen-bond donors (Lipinski definition) is 0. The zero-order chi connectivity index (χ0) is 13.3. The Hall–Kier alpha value is -0.800. The van der Waals surface area contributed by atoms with E-state index in [1.807, 2.05) is 42.1 Å². The number of rotatable bonds is 8. The zero-order valence-electron chi connectivity index (χ0n) is 11.5. The maximum Gasteiger partial charge on any atom is 0.137 e. The van der Waals surface area contributed by atoms with Crippen LogP contribution in [-0.2, 0) is 11.2 Å². The van der Waals surface area contributed by atoms with Crippen LogP contribution in [0.25, 0.3) is 0 Å². The largest absolute Gasteiger partial charge is 0.299 e. The highest BCUT2D eigenvalue weighted by molar-refractivity contribution is 7.99. The molecule has 0 bridgehead atoms. The van der Waals surface area contributed by atoms with E-state index in [0.29, 0.717) is 12.2 Å². The topological polar surface area (TPSA) is 20.3 Å². The van der Waals surface area contributed by atoms with Crippen molar-refractivity contribution >= 4 is 17.5 Å². The second-order valence-electron chi connectivity index (χ2n) is 5.17. The molecule has 0 radical (unpaired) electrons. The van der Waals surface area contributed by atoms with Gasteiger partial charge in [0.1, 0.15) is 5.78 Å². The fourth-order valence-corrected chi connectivity index (χ4v) is 3.41. The molecule has 0 unspecified atom stereocenters. The van der Waals surface area contributed by atoms with Crippen molar-refractivity contribution in [1.82, 2.24) is 4.90 Å². The Labute approximate surface area is 120 Å². The third-order valence-electron chi connectivity index (χ3n) is 3.50. The molecule has 0 spiro atoms. The van der Waals surface area contributed by atoms with E-state index in [2.05, 4.69) is 4.90 Å². The first-order valence-electron chi connectivity index (χ1n) is 7.20. The predicted molar refractivity (Wildman–Crippen MR) is 82.5 cm³/mol. The highest BCUT2D eigenvalue weighted by Crippen LogP contribution is 2.14. The minimum atomic E-state index is 0.378. The molecule has 104 valence electrons. The van der Waals surface area contributed by atoms with Crippen molar-refractivity contribution in [3.8, 4) is 0 Å². The Kier molecular flexibility index (Phi) is 6.45. The molecule has 0 N–H and O–H groups in total. The van der Waals surface area contributed by atoms with E-state index in [4.69, 9.17) is 0 Å². The van der Waals surface area contributed by atoms with Crippen molar-refractivity contribution in [2.75, 3.05) is 24.7 Å². The summed E-state index contributed by atoms with van der Waals surface area (Å²) >= 11 is 2.02. The third-order valence-corrected chi connectivity index (χ3v) is 4.52. The van der Waals surface area contributed by atoms with Gasteiger partial charge in [-0.2, -0.15) is 0 Å². The van der Waals surface area contributed by atoms with Crippen molar-refractivity contribution in [3.05, 3.63) is 35.9 Å². The number of unbranched alkanes of at least 4 members (excludes halogenated alkanes) is 2. The van der Waals surface area contributed by atoms with Crippen LogP contribution >= 0.6 is 11.8 Å². The monoisotopic (exact) mass is 277 g/mol. The van der Waals surface area contributed by atoms with Crippen LogP contribution in [0.15, 0.2) is 30.3 Å². The molecule has 2 rings (SSSR count). The molecule has 0 amide bonds. The van der Waals surface area contributed by atoms with Gasteiger partial charge in [-0.1, -0.05) is 36.8 Å². The second-order valence-corrected chi connectivity index (χ2v) is 6.24. The summed E-state index contributed by atoms with van der Waals surface area (Å²) in [4.78, 5) is 14.3. The fourth-order valence-electron chi connectivity index (χ4n) is 2.37. The molecule has 3 heteroatoms. The summed E-state index contributed by atoms with van der Waals surface area (Å²) in [7, 11) is 0. The van der Waals surface area contributed by atoms with Crippen molar-refractivity contribution < 1.29 is 4.79 Å². The Balaban J connectivity index is 1.51. The van der Waals surface area contributed by atoms with Gasteiger partial charge in [-0.25, -0.2) is 0 Å². The van der Waals surface area contributed by atoms with Crippen LogP contribution in [0.4, 0.5) is 0 Å². The molecule has 1 aliphatic rings. The van der Waals surface area contributed by atoms with Crippen LogP contribution in [0.3, 0.4) is 0 Å². The van der Waals surface area contributed by atoms with Crippen molar-refractivity contribution in [2.45, 2.75) is 32.1 Å². The van der Waals surface area contributed by atoms with Gasteiger partial charge in [0.25, 0.3) is 0 Å². The van der Waals surface area contributed by atoms with Crippen LogP contribution in [0.1, 0.15) is 31.2 Å². The van der Waals surface area contributed by atoms with Gasteiger partial charge in [0.05, 0.1) is 0 Å². The Morgan fingerprint density at radius 2 is 2.00 bits per heavy atom. The molecule has 1 fully saturated rings. The van der Waals surface area contributed by atoms with E-state index in [1.54, 1.807) is 0 Å². The number of benzene rings is 1. The molecule has 0 aliphatic carbocycles. The van der Waals surface area contributed by atoms with E-state index < -0.39 is 0 Å². The average Bonchev–Trinajstić information content (AvgIpc) is 2.92. The van der Waals surface area contributed by atoms with Crippen molar-refractivity contribution in [1.29, 1.82) is 0 Å². The summed E-state index contributed by atoms with van der Waals surface area (Å²) in [6, 6.07) is 10.0. The second kappa shape index (κ2) is 8.39. The predicted octanol–water partition coefficient (Wildman–Crippen LogP) is 3.36. The van der Waals surface area contributed by atoms with Crippen molar-refractivity contribution in [2.24, 2.45) is 0 Å². The van der Waals surface area contributed by atoms with E-state index in [0.717, 1.165) is 18.4 Å². The lowest BCUT2D eigenvalue weighted by atomic mass is 10.0. The smallest absolute Gasteiger partial charge is 0.137 e. The van der Waals surface area contributed by atoms with Gasteiger partial charge in [-0.15, -0.1) is 11.8 Å². The Bertz CT molecular complexity index is 374. The van der Waals surface area contributed by atoms with E-state index >= 15 is 0 Å². The van der Waals surface area contributed by atoms with Crippen LogP contribution in [0.5, 0.6) is 0 Å². The molecule has 0 saturated carbocycles. The van der Waals surface area contributed by atoms with Gasteiger partial charge in [-0.05, 0) is 24.9 Å². The highest BCUT2D eigenvalue weighted by atomic mass is 32.2. The quantitative estimate of drug-likeness (QED) is 0.680. The Morgan fingerprint density at radius 3 is 2.74 bits per heavy atom. The molecular formula is C16H23NOS. The molecule has 2 nitrogen and oxygen atoms in total. The molecular weight excluding hydrogens is 254 g/mol. The molecule has 0 atom stereocenters. The SMILES string of the molecule is O=C(CCCCCN1CCSC1)Cc1ccccc1. The number of carbonyl (C=O) groups excluding carboxylic acids is 1. The molecule has 19 heavy (non-hydrogen) atoms. The lowest BCUT2D eigenvalue weighted by Crippen LogP contribution is -2.20. The van der Waals surface area contributed by atoms with Gasteiger partial charge in [0.2, 0.25) is 0 Å². The lowest BCUT2D eigenvalue weighted by Gasteiger charge is -2.12. The summed E-state index contributed by atoms with van der Waals surface area (Å²) in [5, 5.41) is 0. The summed E-state index contributed by atoms with van der Waals surface area (Å²) in [5.41, 5.74) is 1.14. The minimum absolute atomic E-state index is 0.378. The molecule has 0 aromatic heterocycles. The Morgan fingerprint density at radius 1 is 1.16 bits per heavy atom. The standard InChI is InChI=1S/C16H23NOS/c18-16(13-15-7-3-1-4-8-15)9-5-2-6-10-17-11-12-19-14-17/h1,3-4,7-8H,2,5-6,9-14H2. The number of thioether (sulfide) groups is 1. The summed E-state index contributed by atoms with van der Waals surface area (Å²) in [6.07, 6.45) is 4.81. The normalized spacial score (nSPS) is 15.8. The number of ketones is 1. The molecule has 1 saturated heterocycles. The van der Waals surface area contributed by atoms with E-state index in [-0.39, 0.29) is 0 Å². The van der Waals surface area contributed by atoms with Gasteiger partial charge < -0.3 is 0 Å².